The number of ether oxygens (including phenoxy) is 2. The molecule has 3 N–H and O–H groups in total. The van der Waals surface area contributed by atoms with Crippen LogP contribution in [0.5, 0.6) is 0 Å². The number of amides is 2. The van der Waals surface area contributed by atoms with Crippen molar-refractivity contribution in [1.82, 2.24) is 15.5 Å². The van der Waals surface area contributed by atoms with Gasteiger partial charge in [-0.2, -0.15) is 0 Å². The van der Waals surface area contributed by atoms with Gasteiger partial charge >= 0.3 is 6.09 Å². The first-order valence-corrected chi connectivity index (χ1v) is 13.5. The zero-order valence-corrected chi connectivity index (χ0v) is 21.9. The Labute approximate surface area is 215 Å². The Kier molecular flexibility index (Phi) is 8.91. The van der Waals surface area contributed by atoms with Crippen molar-refractivity contribution in [1.29, 1.82) is 0 Å². The van der Waals surface area contributed by atoms with E-state index >= 15 is 0 Å². The number of likely N-dealkylation sites (tertiary alicyclic amines) is 1. The lowest BCUT2D eigenvalue weighted by Gasteiger charge is -2.43. The third-order valence-electron chi connectivity index (χ3n) is 7.70. The molecule has 0 radical (unpaired) electrons. The maximum atomic E-state index is 13.3. The Balaban J connectivity index is 1.47. The number of benzene rings is 1. The van der Waals surface area contributed by atoms with Gasteiger partial charge < -0.3 is 25.2 Å². The summed E-state index contributed by atoms with van der Waals surface area (Å²) in [6, 6.07) is 8.99. The summed E-state index contributed by atoms with van der Waals surface area (Å²) in [6.45, 7) is 8.08. The van der Waals surface area contributed by atoms with Crippen LogP contribution < -0.4 is 10.6 Å². The molecule has 8 nitrogen and oxygen atoms in total. The predicted molar refractivity (Wildman–Crippen MR) is 137 cm³/mol. The number of hydrogen-bond donors (Lipinski definition) is 3. The number of carbonyl (C=O) groups is 2. The molecule has 0 aromatic heterocycles. The second kappa shape index (κ2) is 11.9. The molecule has 1 aliphatic carbocycles. The van der Waals surface area contributed by atoms with Gasteiger partial charge in [-0.05, 0) is 57.4 Å². The Morgan fingerprint density at radius 3 is 2.61 bits per heavy atom. The van der Waals surface area contributed by atoms with Crippen LogP contribution in [0.1, 0.15) is 58.4 Å². The molecule has 2 aliphatic heterocycles. The number of nitrogens with zero attached hydrogens (tertiary/aromatic N) is 1. The zero-order chi connectivity index (χ0) is 25.7. The molecule has 3 fully saturated rings. The van der Waals surface area contributed by atoms with Crippen molar-refractivity contribution in [3.05, 3.63) is 35.9 Å². The highest BCUT2D eigenvalue weighted by atomic mass is 16.6. The van der Waals surface area contributed by atoms with Crippen molar-refractivity contribution in [3.63, 3.8) is 0 Å². The van der Waals surface area contributed by atoms with Gasteiger partial charge in [-0.25, -0.2) is 4.79 Å². The molecular weight excluding hydrogens is 458 g/mol. The summed E-state index contributed by atoms with van der Waals surface area (Å²) < 4.78 is 10.8. The molecule has 0 spiro atoms. The van der Waals surface area contributed by atoms with Gasteiger partial charge in [0.1, 0.15) is 6.10 Å². The average molecular weight is 502 g/mol. The minimum atomic E-state index is -0.861. The Morgan fingerprint density at radius 1 is 1.17 bits per heavy atom. The highest BCUT2D eigenvalue weighted by Crippen LogP contribution is 2.40. The van der Waals surface area contributed by atoms with E-state index in [1.807, 2.05) is 51.1 Å². The molecule has 200 valence electrons. The van der Waals surface area contributed by atoms with Crippen LogP contribution in [-0.2, 0) is 20.7 Å². The number of aliphatic hydroxyl groups is 1. The number of nitrogens with one attached hydrogen (secondary N) is 2. The number of β-amino-alcohol motifs (C(OH)–C–C–N with tert-alkyl or cyclic N) is 1. The van der Waals surface area contributed by atoms with Gasteiger partial charge in [0.05, 0.1) is 31.4 Å². The topological polar surface area (TPSA) is 100 Å². The van der Waals surface area contributed by atoms with E-state index in [1.54, 1.807) is 0 Å². The molecule has 2 heterocycles. The number of carbonyl (C=O) groups excluding carboxylic acids is 2. The van der Waals surface area contributed by atoms with Crippen molar-refractivity contribution in [3.8, 4) is 0 Å². The lowest BCUT2D eigenvalue weighted by Crippen LogP contribution is -2.59. The molecule has 0 bridgehead atoms. The maximum Gasteiger partial charge on any atom is 0.407 e. The van der Waals surface area contributed by atoms with Crippen molar-refractivity contribution >= 4 is 12.0 Å². The number of alkyl carbamates (subject to hydrolysis) is 1. The molecule has 4 rings (SSSR count). The number of rotatable bonds is 8. The van der Waals surface area contributed by atoms with E-state index in [1.165, 1.54) is 19.3 Å². The first-order chi connectivity index (χ1) is 17.2. The van der Waals surface area contributed by atoms with Gasteiger partial charge in [-0.15, -0.1) is 0 Å². The molecule has 0 unspecified atom stereocenters. The SMILES string of the molecule is CC(C)(C)NC(=O)[C@@H]1C[C@@H]2CCC[C@@H]2CN1C[C@@H](O)[C@H](Cc1ccccc1)NC(=O)O[C@H]1CCOC1. The molecule has 2 amide bonds. The molecule has 1 aromatic carbocycles. The van der Waals surface area contributed by atoms with Gasteiger partial charge in [0, 0.05) is 25.0 Å². The molecule has 6 atom stereocenters. The predicted octanol–water partition coefficient (Wildman–Crippen LogP) is 2.88. The monoisotopic (exact) mass is 501 g/mol. The third-order valence-corrected chi connectivity index (χ3v) is 7.70. The summed E-state index contributed by atoms with van der Waals surface area (Å²) >= 11 is 0. The fourth-order valence-electron chi connectivity index (χ4n) is 5.92. The zero-order valence-electron chi connectivity index (χ0n) is 21.9. The largest absolute Gasteiger partial charge is 0.444 e. The summed E-state index contributed by atoms with van der Waals surface area (Å²) in [4.78, 5) is 28.1. The van der Waals surface area contributed by atoms with Gasteiger partial charge in [-0.3, -0.25) is 9.69 Å². The van der Waals surface area contributed by atoms with Gasteiger partial charge in [0.2, 0.25) is 5.91 Å². The first-order valence-electron chi connectivity index (χ1n) is 13.5. The molecule has 36 heavy (non-hydrogen) atoms. The van der Waals surface area contributed by atoms with E-state index in [0.29, 0.717) is 44.4 Å². The average Bonchev–Trinajstić information content (AvgIpc) is 3.49. The van der Waals surface area contributed by atoms with E-state index in [2.05, 4.69) is 15.5 Å². The quantitative estimate of drug-likeness (QED) is 0.507. The van der Waals surface area contributed by atoms with Crippen molar-refractivity contribution < 1.29 is 24.2 Å². The highest BCUT2D eigenvalue weighted by molar-refractivity contribution is 5.82. The standard InChI is InChI=1S/C28H43N3O5/c1-28(2,3)30-26(33)24-15-20-10-7-11-21(20)16-31(24)17-25(32)23(14-19-8-5-4-6-9-19)29-27(34)36-22-12-13-35-18-22/h4-6,8-9,20-25,32H,7,10-18H2,1-3H3,(H,29,34)(H,30,33)/t20-,21+,22-,23-,24-,25+/m0/s1. The third kappa shape index (κ3) is 7.43. The van der Waals surface area contributed by atoms with Gasteiger partial charge in [0.15, 0.2) is 0 Å². The minimum Gasteiger partial charge on any atom is -0.444 e. The Bertz CT molecular complexity index is 868. The summed E-state index contributed by atoms with van der Waals surface area (Å²) in [5, 5.41) is 17.5. The number of piperidine rings is 1. The van der Waals surface area contributed by atoms with E-state index < -0.39 is 18.2 Å². The second-order valence-electron chi connectivity index (χ2n) is 11.8. The van der Waals surface area contributed by atoms with Crippen molar-refractivity contribution in [2.45, 2.75) is 89.1 Å². The fraction of sp³-hybridized carbons (Fsp3) is 0.714. The van der Waals surface area contributed by atoms with E-state index in [9.17, 15) is 14.7 Å². The van der Waals surface area contributed by atoms with Crippen LogP contribution in [0.2, 0.25) is 0 Å². The maximum absolute atomic E-state index is 13.3. The number of aliphatic hydroxyl groups excluding tert-OH is 1. The molecule has 2 saturated heterocycles. The first kappa shape index (κ1) is 26.9. The normalized spacial score (nSPS) is 28.2. The molecule has 3 aliphatic rings. The molecule has 1 aromatic rings. The van der Waals surface area contributed by atoms with Gasteiger partial charge in [-0.1, -0.05) is 43.2 Å². The van der Waals surface area contributed by atoms with Crippen LogP contribution in [0.25, 0.3) is 0 Å². The Morgan fingerprint density at radius 2 is 1.92 bits per heavy atom. The van der Waals surface area contributed by atoms with E-state index in [4.69, 9.17) is 9.47 Å². The van der Waals surface area contributed by atoms with Crippen molar-refractivity contribution in [2.24, 2.45) is 11.8 Å². The van der Waals surface area contributed by atoms with E-state index in [0.717, 1.165) is 18.5 Å². The minimum absolute atomic E-state index is 0.0215. The van der Waals surface area contributed by atoms with Crippen LogP contribution in [0.15, 0.2) is 30.3 Å². The van der Waals surface area contributed by atoms with Crippen LogP contribution >= 0.6 is 0 Å². The lowest BCUT2D eigenvalue weighted by molar-refractivity contribution is -0.131. The lowest BCUT2D eigenvalue weighted by atomic mass is 9.83. The van der Waals surface area contributed by atoms with Gasteiger partial charge in [0.25, 0.3) is 0 Å². The fourth-order valence-corrected chi connectivity index (χ4v) is 5.92. The van der Waals surface area contributed by atoms with E-state index in [-0.39, 0.29) is 23.6 Å². The summed E-state index contributed by atoms with van der Waals surface area (Å²) in [5.41, 5.74) is 0.696. The summed E-state index contributed by atoms with van der Waals surface area (Å²) in [7, 11) is 0. The van der Waals surface area contributed by atoms with Crippen molar-refractivity contribution in [2.75, 3.05) is 26.3 Å². The van der Waals surface area contributed by atoms with Crippen LogP contribution in [0.4, 0.5) is 4.79 Å². The van der Waals surface area contributed by atoms with Crippen LogP contribution in [0.3, 0.4) is 0 Å². The smallest absolute Gasteiger partial charge is 0.407 e. The number of hydrogen-bond acceptors (Lipinski definition) is 6. The molecule has 1 saturated carbocycles. The second-order valence-corrected chi connectivity index (χ2v) is 11.8. The van der Waals surface area contributed by atoms with Crippen LogP contribution in [-0.4, -0.2) is 78.1 Å². The summed E-state index contributed by atoms with van der Waals surface area (Å²) in [6.07, 6.45) is 3.86. The highest BCUT2D eigenvalue weighted by Gasteiger charge is 2.42. The summed E-state index contributed by atoms with van der Waals surface area (Å²) in [5.74, 6) is 1.15. The Hall–Kier alpha value is -2.16. The molecule has 8 heteroatoms. The van der Waals surface area contributed by atoms with Crippen LogP contribution in [0, 0.1) is 11.8 Å². The number of fused-ring (bicyclic) bond motifs is 1. The molecular formula is C28H43N3O5.